The van der Waals surface area contributed by atoms with Crippen LogP contribution in [0.15, 0.2) is 54.6 Å². The predicted octanol–water partition coefficient (Wildman–Crippen LogP) is 3.10. The number of nitrogens with one attached hydrogen (secondary N) is 1. The Kier molecular flexibility index (Phi) is 6.09. The molecule has 0 spiro atoms. The molecule has 0 radical (unpaired) electrons. The Hall–Kier alpha value is -3.15. The van der Waals surface area contributed by atoms with Crippen molar-refractivity contribution in [2.45, 2.75) is 19.9 Å². The number of hydrogen-bond acceptors (Lipinski definition) is 4. The van der Waals surface area contributed by atoms with Crippen LogP contribution >= 0.6 is 0 Å². The molecular weight excluding hydrogens is 356 g/mol. The van der Waals surface area contributed by atoms with Crippen molar-refractivity contribution in [3.63, 3.8) is 0 Å². The summed E-state index contributed by atoms with van der Waals surface area (Å²) in [6.45, 7) is 3.08. The summed E-state index contributed by atoms with van der Waals surface area (Å²) < 4.78 is 4.69. The zero-order chi connectivity index (χ0) is 20.1. The Morgan fingerprint density at radius 1 is 1.07 bits per heavy atom. The molecule has 6 nitrogen and oxygen atoms in total. The van der Waals surface area contributed by atoms with Gasteiger partial charge in [-0.15, -0.1) is 0 Å². The number of amides is 2. The van der Waals surface area contributed by atoms with Gasteiger partial charge in [-0.05, 0) is 37.1 Å². The lowest BCUT2D eigenvalue weighted by atomic mass is 10.2. The molecule has 2 amide bonds. The van der Waals surface area contributed by atoms with Gasteiger partial charge in [-0.2, -0.15) is 0 Å². The van der Waals surface area contributed by atoms with Gasteiger partial charge in [0.1, 0.15) is 0 Å². The van der Waals surface area contributed by atoms with Crippen LogP contribution in [-0.2, 0) is 20.9 Å². The van der Waals surface area contributed by atoms with Gasteiger partial charge in [-0.3, -0.25) is 9.59 Å². The van der Waals surface area contributed by atoms with Crippen LogP contribution < -0.4 is 5.32 Å². The first-order valence-electron chi connectivity index (χ1n) is 9.35. The van der Waals surface area contributed by atoms with Crippen molar-refractivity contribution in [3.8, 4) is 0 Å². The van der Waals surface area contributed by atoms with Crippen molar-refractivity contribution in [1.29, 1.82) is 0 Å². The van der Waals surface area contributed by atoms with Crippen LogP contribution in [0.25, 0.3) is 0 Å². The van der Waals surface area contributed by atoms with E-state index < -0.39 is 5.97 Å². The van der Waals surface area contributed by atoms with E-state index in [-0.39, 0.29) is 23.7 Å². The van der Waals surface area contributed by atoms with Crippen LogP contribution in [-0.4, -0.2) is 36.3 Å². The topological polar surface area (TPSA) is 75.7 Å². The van der Waals surface area contributed by atoms with E-state index in [2.05, 4.69) is 5.32 Å². The molecular formula is C22H24N2O4. The van der Waals surface area contributed by atoms with E-state index in [1.54, 1.807) is 29.2 Å². The SMILES string of the molecule is CCN(Cc1ccccc1)C(=O)C1CC1C(=O)Nc1cccc(C(=O)OC)c1. The number of esters is 1. The lowest BCUT2D eigenvalue weighted by molar-refractivity contribution is -0.134. The fourth-order valence-corrected chi connectivity index (χ4v) is 3.22. The number of carbonyl (C=O) groups excluding carboxylic acids is 3. The highest BCUT2D eigenvalue weighted by molar-refractivity contribution is 6.00. The van der Waals surface area contributed by atoms with E-state index in [4.69, 9.17) is 4.74 Å². The molecule has 3 rings (SSSR count). The molecule has 0 aliphatic heterocycles. The number of carbonyl (C=O) groups is 3. The number of anilines is 1. The first-order valence-corrected chi connectivity index (χ1v) is 9.35. The molecule has 28 heavy (non-hydrogen) atoms. The van der Waals surface area contributed by atoms with Crippen molar-refractivity contribution >= 4 is 23.5 Å². The molecule has 1 saturated carbocycles. The van der Waals surface area contributed by atoms with Gasteiger partial charge < -0.3 is 15.0 Å². The zero-order valence-corrected chi connectivity index (χ0v) is 16.1. The summed E-state index contributed by atoms with van der Waals surface area (Å²) in [5.74, 6) is -1.27. The van der Waals surface area contributed by atoms with Crippen LogP contribution in [0.5, 0.6) is 0 Å². The van der Waals surface area contributed by atoms with Crippen LogP contribution in [0.1, 0.15) is 29.3 Å². The molecule has 0 aromatic heterocycles. The van der Waals surface area contributed by atoms with E-state index in [1.807, 2.05) is 37.3 Å². The van der Waals surface area contributed by atoms with Gasteiger partial charge in [-0.25, -0.2) is 4.79 Å². The summed E-state index contributed by atoms with van der Waals surface area (Å²) in [7, 11) is 1.31. The van der Waals surface area contributed by atoms with Crippen molar-refractivity contribution in [2.24, 2.45) is 11.8 Å². The number of benzene rings is 2. The minimum Gasteiger partial charge on any atom is -0.465 e. The van der Waals surface area contributed by atoms with Crippen molar-refractivity contribution in [3.05, 3.63) is 65.7 Å². The summed E-state index contributed by atoms with van der Waals surface area (Å²) in [6.07, 6.45) is 0.548. The number of hydrogen-bond donors (Lipinski definition) is 1. The summed E-state index contributed by atoms with van der Waals surface area (Å²) in [5.41, 5.74) is 1.95. The second kappa shape index (κ2) is 8.69. The van der Waals surface area contributed by atoms with E-state index in [1.165, 1.54) is 7.11 Å². The monoisotopic (exact) mass is 380 g/mol. The van der Waals surface area contributed by atoms with E-state index in [9.17, 15) is 14.4 Å². The lowest BCUT2D eigenvalue weighted by Gasteiger charge is -2.21. The Balaban J connectivity index is 1.58. The van der Waals surface area contributed by atoms with Gasteiger partial charge in [-0.1, -0.05) is 36.4 Å². The molecule has 2 aromatic rings. The van der Waals surface area contributed by atoms with Crippen molar-refractivity contribution < 1.29 is 19.1 Å². The highest BCUT2D eigenvalue weighted by atomic mass is 16.5. The number of nitrogens with zero attached hydrogens (tertiary/aromatic N) is 1. The maximum Gasteiger partial charge on any atom is 0.337 e. The molecule has 0 heterocycles. The smallest absolute Gasteiger partial charge is 0.337 e. The molecule has 1 fully saturated rings. The van der Waals surface area contributed by atoms with Gasteiger partial charge in [0.05, 0.1) is 24.5 Å². The van der Waals surface area contributed by atoms with Gasteiger partial charge in [0.15, 0.2) is 0 Å². The zero-order valence-electron chi connectivity index (χ0n) is 16.1. The third kappa shape index (κ3) is 4.57. The molecule has 6 heteroatoms. The van der Waals surface area contributed by atoms with E-state index in [0.29, 0.717) is 30.8 Å². The second-order valence-corrected chi connectivity index (χ2v) is 6.85. The maximum atomic E-state index is 12.8. The van der Waals surface area contributed by atoms with E-state index in [0.717, 1.165) is 5.56 Å². The Bertz CT molecular complexity index is 866. The van der Waals surface area contributed by atoms with Crippen LogP contribution in [0.4, 0.5) is 5.69 Å². The summed E-state index contributed by atoms with van der Waals surface area (Å²) in [5, 5.41) is 2.80. The molecule has 1 N–H and O–H groups in total. The van der Waals surface area contributed by atoms with Crippen molar-refractivity contribution in [1.82, 2.24) is 4.90 Å². The summed E-state index contributed by atoms with van der Waals surface area (Å²) in [4.78, 5) is 38.7. The fraction of sp³-hybridized carbons (Fsp3) is 0.318. The first-order chi connectivity index (χ1) is 13.5. The fourth-order valence-electron chi connectivity index (χ4n) is 3.22. The van der Waals surface area contributed by atoms with Gasteiger partial charge in [0, 0.05) is 18.8 Å². The Labute approximate surface area is 164 Å². The number of rotatable bonds is 7. The van der Waals surface area contributed by atoms with Crippen molar-refractivity contribution in [2.75, 3.05) is 19.0 Å². The summed E-state index contributed by atoms with van der Waals surface area (Å²) in [6, 6.07) is 16.4. The van der Waals surface area contributed by atoms with Crippen LogP contribution in [0.2, 0.25) is 0 Å². The molecule has 2 aromatic carbocycles. The summed E-state index contributed by atoms with van der Waals surface area (Å²) >= 11 is 0. The molecule has 0 saturated heterocycles. The molecule has 2 atom stereocenters. The van der Waals surface area contributed by atoms with Gasteiger partial charge >= 0.3 is 5.97 Å². The quantitative estimate of drug-likeness (QED) is 0.749. The van der Waals surface area contributed by atoms with Crippen LogP contribution in [0, 0.1) is 11.8 Å². The normalized spacial score (nSPS) is 17.5. The van der Waals surface area contributed by atoms with Crippen LogP contribution in [0.3, 0.4) is 0 Å². The van der Waals surface area contributed by atoms with E-state index >= 15 is 0 Å². The molecule has 146 valence electrons. The Morgan fingerprint density at radius 2 is 1.82 bits per heavy atom. The maximum absolute atomic E-state index is 12.8. The average Bonchev–Trinajstić information content (AvgIpc) is 3.53. The third-order valence-corrected chi connectivity index (χ3v) is 4.91. The third-order valence-electron chi connectivity index (χ3n) is 4.91. The highest BCUT2D eigenvalue weighted by Crippen LogP contribution is 2.41. The molecule has 1 aliphatic rings. The Morgan fingerprint density at radius 3 is 2.50 bits per heavy atom. The average molecular weight is 380 g/mol. The van der Waals surface area contributed by atoms with Gasteiger partial charge in [0.2, 0.25) is 11.8 Å². The second-order valence-electron chi connectivity index (χ2n) is 6.85. The molecule has 1 aliphatic carbocycles. The first kappa shape index (κ1) is 19.6. The number of methoxy groups -OCH3 is 1. The number of ether oxygens (including phenoxy) is 1. The van der Waals surface area contributed by atoms with Gasteiger partial charge in [0.25, 0.3) is 0 Å². The molecule has 0 bridgehead atoms. The largest absolute Gasteiger partial charge is 0.465 e. The minimum absolute atomic E-state index is 0.00909. The highest BCUT2D eigenvalue weighted by Gasteiger charge is 2.49. The minimum atomic E-state index is -0.463. The standard InChI is InChI=1S/C22H24N2O4/c1-3-24(14-15-8-5-4-6-9-15)21(26)19-13-18(19)20(25)23-17-11-7-10-16(12-17)22(27)28-2/h4-12,18-19H,3,13-14H2,1-2H3,(H,23,25). The molecule has 2 unspecified atom stereocenters. The predicted molar refractivity (Wildman–Crippen MR) is 106 cm³/mol. The lowest BCUT2D eigenvalue weighted by Crippen LogP contribution is -2.33.